The summed E-state index contributed by atoms with van der Waals surface area (Å²) in [6, 6.07) is 17.3. The molecule has 4 heteroatoms. The van der Waals surface area contributed by atoms with Crippen LogP contribution in [0.1, 0.15) is 42.0 Å². The highest BCUT2D eigenvalue weighted by Gasteiger charge is 2.16. The molecule has 1 atom stereocenters. The van der Waals surface area contributed by atoms with E-state index in [4.69, 9.17) is 5.11 Å². The highest BCUT2D eigenvalue weighted by atomic mass is 16.4. The zero-order chi connectivity index (χ0) is 17.4. The molecule has 0 saturated heterocycles. The van der Waals surface area contributed by atoms with E-state index in [1.807, 2.05) is 61.5 Å². The van der Waals surface area contributed by atoms with Gasteiger partial charge in [-0.2, -0.15) is 0 Å². The van der Waals surface area contributed by atoms with E-state index >= 15 is 0 Å². The van der Waals surface area contributed by atoms with Crippen molar-refractivity contribution in [1.82, 2.24) is 5.32 Å². The molecule has 2 aromatic rings. The molecule has 0 aromatic heterocycles. The summed E-state index contributed by atoms with van der Waals surface area (Å²) in [6.45, 7) is 2.03. The predicted octanol–water partition coefficient (Wildman–Crippen LogP) is 3.65. The van der Waals surface area contributed by atoms with Crippen LogP contribution in [0.4, 0.5) is 0 Å². The molecule has 0 bridgehead atoms. The summed E-state index contributed by atoms with van der Waals surface area (Å²) in [5.74, 6) is -0.914. The van der Waals surface area contributed by atoms with Crippen molar-refractivity contribution in [2.75, 3.05) is 0 Å². The summed E-state index contributed by atoms with van der Waals surface area (Å²) in [6.07, 6.45) is 1.48. The number of carbonyl (C=O) groups is 2. The molecule has 0 fully saturated rings. The SMILES string of the molecule is Cc1ccccc1CCC(=O)NC(CCC(=O)O)c1ccccc1. The molecule has 0 heterocycles. The molecule has 0 aliphatic rings. The fourth-order valence-corrected chi connectivity index (χ4v) is 2.68. The maximum absolute atomic E-state index is 12.3. The van der Waals surface area contributed by atoms with E-state index in [-0.39, 0.29) is 18.4 Å². The summed E-state index contributed by atoms with van der Waals surface area (Å²) in [5, 5.41) is 11.9. The van der Waals surface area contributed by atoms with Crippen molar-refractivity contribution in [2.45, 2.75) is 38.6 Å². The van der Waals surface area contributed by atoms with Crippen molar-refractivity contribution in [1.29, 1.82) is 0 Å². The standard InChI is InChI=1S/C20H23NO3/c1-15-7-5-6-8-16(15)11-13-19(22)21-18(12-14-20(23)24)17-9-3-2-4-10-17/h2-10,18H,11-14H2,1H3,(H,21,22)(H,23,24). The zero-order valence-electron chi connectivity index (χ0n) is 13.9. The maximum atomic E-state index is 12.3. The minimum atomic E-state index is -0.856. The zero-order valence-corrected chi connectivity index (χ0v) is 13.9. The van der Waals surface area contributed by atoms with E-state index < -0.39 is 5.97 Å². The summed E-state index contributed by atoms with van der Waals surface area (Å²) < 4.78 is 0. The number of aliphatic carboxylic acids is 1. The number of aryl methyl sites for hydroxylation is 2. The van der Waals surface area contributed by atoms with Crippen LogP contribution in [0.15, 0.2) is 54.6 Å². The second kappa shape index (κ2) is 8.87. The van der Waals surface area contributed by atoms with Gasteiger partial charge >= 0.3 is 5.97 Å². The third kappa shape index (κ3) is 5.54. The average Bonchev–Trinajstić information content (AvgIpc) is 2.58. The number of amides is 1. The minimum absolute atomic E-state index is 0.0254. The average molecular weight is 325 g/mol. The molecular weight excluding hydrogens is 302 g/mol. The number of carboxylic acid groups (broad SMARTS) is 1. The molecule has 2 N–H and O–H groups in total. The quantitative estimate of drug-likeness (QED) is 0.778. The van der Waals surface area contributed by atoms with Crippen molar-refractivity contribution in [2.24, 2.45) is 0 Å². The van der Waals surface area contributed by atoms with Crippen LogP contribution < -0.4 is 5.32 Å². The third-order valence-electron chi connectivity index (χ3n) is 4.07. The molecule has 0 saturated carbocycles. The summed E-state index contributed by atoms with van der Waals surface area (Å²) >= 11 is 0. The van der Waals surface area contributed by atoms with Gasteiger partial charge in [0.1, 0.15) is 0 Å². The van der Waals surface area contributed by atoms with Crippen LogP contribution in [0.2, 0.25) is 0 Å². The smallest absolute Gasteiger partial charge is 0.303 e. The first-order valence-corrected chi connectivity index (χ1v) is 8.17. The lowest BCUT2D eigenvalue weighted by molar-refractivity contribution is -0.137. The Kier molecular flexibility index (Phi) is 6.55. The highest BCUT2D eigenvalue weighted by Crippen LogP contribution is 2.19. The fourth-order valence-electron chi connectivity index (χ4n) is 2.68. The van der Waals surface area contributed by atoms with Gasteiger partial charge < -0.3 is 10.4 Å². The van der Waals surface area contributed by atoms with Crippen LogP contribution in [0, 0.1) is 6.92 Å². The molecular formula is C20H23NO3. The van der Waals surface area contributed by atoms with Crippen molar-refractivity contribution in [3.8, 4) is 0 Å². The van der Waals surface area contributed by atoms with E-state index in [1.165, 1.54) is 5.56 Å². The van der Waals surface area contributed by atoms with Gasteiger partial charge in [0.15, 0.2) is 0 Å². The van der Waals surface area contributed by atoms with E-state index in [9.17, 15) is 9.59 Å². The van der Waals surface area contributed by atoms with Gasteiger partial charge in [-0.15, -0.1) is 0 Å². The van der Waals surface area contributed by atoms with Crippen molar-refractivity contribution < 1.29 is 14.7 Å². The molecule has 4 nitrogen and oxygen atoms in total. The maximum Gasteiger partial charge on any atom is 0.303 e. The molecule has 0 aliphatic carbocycles. The van der Waals surface area contributed by atoms with Gasteiger partial charge in [-0.1, -0.05) is 54.6 Å². The van der Waals surface area contributed by atoms with Gasteiger partial charge in [-0.3, -0.25) is 9.59 Å². The van der Waals surface area contributed by atoms with Crippen molar-refractivity contribution in [3.63, 3.8) is 0 Å². The largest absolute Gasteiger partial charge is 0.481 e. The van der Waals surface area contributed by atoms with Crippen LogP contribution >= 0.6 is 0 Å². The monoisotopic (exact) mass is 325 g/mol. The van der Waals surface area contributed by atoms with Crippen molar-refractivity contribution in [3.05, 3.63) is 71.3 Å². The molecule has 1 unspecified atom stereocenters. The minimum Gasteiger partial charge on any atom is -0.481 e. The Morgan fingerprint density at radius 3 is 2.33 bits per heavy atom. The first kappa shape index (κ1) is 17.7. The Bertz CT molecular complexity index is 682. The predicted molar refractivity (Wildman–Crippen MR) is 93.7 cm³/mol. The lowest BCUT2D eigenvalue weighted by Crippen LogP contribution is -2.29. The second-order valence-electron chi connectivity index (χ2n) is 5.89. The molecule has 1 amide bonds. The Morgan fingerprint density at radius 2 is 1.67 bits per heavy atom. The molecule has 0 radical (unpaired) electrons. The lowest BCUT2D eigenvalue weighted by atomic mass is 10.0. The number of hydrogen-bond acceptors (Lipinski definition) is 2. The Hall–Kier alpha value is -2.62. The van der Waals surface area contributed by atoms with E-state index in [0.29, 0.717) is 19.3 Å². The van der Waals surface area contributed by atoms with Crippen LogP contribution in [-0.4, -0.2) is 17.0 Å². The Morgan fingerprint density at radius 1 is 1.00 bits per heavy atom. The number of rotatable bonds is 8. The first-order chi connectivity index (χ1) is 11.6. The Labute approximate surface area is 142 Å². The highest BCUT2D eigenvalue weighted by molar-refractivity contribution is 5.77. The number of carbonyl (C=O) groups excluding carboxylic acids is 1. The first-order valence-electron chi connectivity index (χ1n) is 8.17. The molecule has 0 aliphatic heterocycles. The summed E-state index contributed by atoms with van der Waals surface area (Å²) in [7, 11) is 0. The number of nitrogens with one attached hydrogen (secondary N) is 1. The molecule has 126 valence electrons. The van der Waals surface area contributed by atoms with Gasteiger partial charge in [-0.05, 0) is 36.5 Å². The number of hydrogen-bond donors (Lipinski definition) is 2. The number of benzene rings is 2. The molecule has 2 rings (SSSR count). The van der Waals surface area contributed by atoms with Crippen LogP contribution in [-0.2, 0) is 16.0 Å². The third-order valence-corrected chi connectivity index (χ3v) is 4.07. The normalized spacial score (nSPS) is 11.7. The van der Waals surface area contributed by atoms with Gasteiger partial charge in [0, 0.05) is 12.8 Å². The Balaban J connectivity index is 1.96. The van der Waals surface area contributed by atoms with E-state index in [2.05, 4.69) is 5.32 Å². The van der Waals surface area contributed by atoms with E-state index in [0.717, 1.165) is 11.1 Å². The summed E-state index contributed by atoms with van der Waals surface area (Å²) in [5.41, 5.74) is 3.27. The topological polar surface area (TPSA) is 66.4 Å². The number of carboxylic acids is 1. The van der Waals surface area contributed by atoms with Gasteiger partial charge in [-0.25, -0.2) is 0 Å². The van der Waals surface area contributed by atoms with Gasteiger partial charge in [0.2, 0.25) is 5.91 Å². The van der Waals surface area contributed by atoms with Crippen LogP contribution in [0.5, 0.6) is 0 Å². The van der Waals surface area contributed by atoms with Crippen LogP contribution in [0.25, 0.3) is 0 Å². The molecule has 2 aromatic carbocycles. The second-order valence-corrected chi connectivity index (χ2v) is 5.89. The van der Waals surface area contributed by atoms with Gasteiger partial charge in [0.25, 0.3) is 0 Å². The molecule has 24 heavy (non-hydrogen) atoms. The summed E-state index contributed by atoms with van der Waals surface area (Å²) in [4.78, 5) is 23.2. The molecule has 0 spiro atoms. The van der Waals surface area contributed by atoms with Crippen LogP contribution in [0.3, 0.4) is 0 Å². The van der Waals surface area contributed by atoms with E-state index in [1.54, 1.807) is 0 Å². The van der Waals surface area contributed by atoms with Gasteiger partial charge in [0.05, 0.1) is 6.04 Å². The lowest BCUT2D eigenvalue weighted by Gasteiger charge is -2.19. The van der Waals surface area contributed by atoms with Crippen molar-refractivity contribution >= 4 is 11.9 Å². The fraction of sp³-hybridized carbons (Fsp3) is 0.300.